The highest BCUT2D eigenvalue weighted by Crippen LogP contribution is 2.30. The molecular formula is C30H38O6S. The summed E-state index contributed by atoms with van der Waals surface area (Å²) in [4.78, 5) is 39.1. The summed E-state index contributed by atoms with van der Waals surface area (Å²) in [5, 5.41) is 10.5. The van der Waals surface area contributed by atoms with Crippen molar-refractivity contribution in [2.75, 3.05) is 7.11 Å². The Morgan fingerprint density at radius 3 is 2.68 bits per heavy atom. The highest BCUT2D eigenvalue weighted by molar-refractivity contribution is 7.12. The van der Waals surface area contributed by atoms with Gasteiger partial charge < -0.3 is 14.3 Å². The van der Waals surface area contributed by atoms with Gasteiger partial charge in [-0.15, -0.1) is 11.3 Å². The van der Waals surface area contributed by atoms with Gasteiger partial charge in [-0.2, -0.15) is 0 Å². The lowest BCUT2D eigenvalue weighted by atomic mass is 9.86. The number of carbonyl (C=O) groups is 2. The number of hydrogen-bond acceptors (Lipinski definition) is 7. The van der Waals surface area contributed by atoms with E-state index in [-0.39, 0.29) is 29.6 Å². The highest BCUT2D eigenvalue weighted by Gasteiger charge is 2.22. The highest BCUT2D eigenvalue weighted by atomic mass is 32.1. The molecule has 0 spiro atoms. The summed E-state index contributed by atoms with van der Waals surface area (Å²) in [7, 11) is 1.34. The number of methoxy groups -OCH3 is 1. The van der Waals surface area contributed by atoms with Crippen LogP contribution in [0.2, 0.25) is 0 Å². The molecule has 37 heavy (non-hydrogen) atoms. The predicted octanol–water partition coefficient (Wildman–Crippen LogP) is 7.21. The van der Waals surface area contributed by atoms with Gasteiger partial charge in [-0.3, -0.25) is 9.59 Å². The van der Waals surface area contributed by atoms with Gasteiger partial charge in [-0.25, -0.2) is 4.79 Å². The SMILES string of the molecule is COC(=O)C/C=C/CCC(C)c1cc(O)c(C(=O)C(C)=Cc2ccc(CCC3CCCCC3)s2)c(=O)o1. The van der Waals surface area contributed by atoms with Crippen LogP contribution in [0.3, 0.4) is 0 Å². The van der Waals surface area contributed by atoms with E-state index < -0.39 is 11.4 Å². The first-order valence-corrected chi connectivity index (χ1v) is 14.0. The van der Waals surface area contributed by atoms with Crippen molar-refractivity contribution < 1.29 is 23.8 Å². The molecule has 0 amide bonds. The fraction of sp³-hybridized carbons (Fsp3) is 0.500. The Hall–Kier alpha value is -2.93. The Morgan fingerprint density at radius 1 is 1.22 bits per heavy atom. The van der Waals surface area contributed by atoms with Gasteiger partial charge in [0.05, 0.1) is 13.5 Å². The minimum Gasteiger partial charge on any atom is -0.507 e. The number of esters is 1. The van der Waals surface area contributed by atoms with E-state index in [0.29, 0.717) is 24.2 Å². The van der Waals surface area contributed by atoms with Gasteiger partial charge in [-0.05, 0) is 62.3 Å². The predicted molar refractivity (Wildman–Crippen MR) is 147 cm³/mol. The average molecular weight is 527 g/mol. The van der Waals surface area contributed by atoms with E-state index in [1.807, 2.05) is 19.1 Å². The summed E-state index contributed by atoms with van der Waals surface area (Å²) >= 11 is 1.67. The lowest BCUT2D eigenvalue weighted by Crippen LogP contribution is -2.16. The van der Waals surface area contributed by atoms with E-state index in [1.165, 1.54) is 56.6 Å². The van der Waals surface area contributed by atoms with Crippen molar-refractivity contribution in [1.29, 1.82) is 0 Å². The van der Waals surface area contributed by atoms with Crippen molar-refractivity contribution in [2.24, 2.45) is 5.92 Å². The molecule has 1 aliphatic rings. The molecule has 2 aromatic rings. The van der Waals surface area contributed by atoms with E-state index >= 15 is 0 Å². The molecule has 200 valence electrons. The van der Waals surface area contributed by atoms with Crippen molar-refractivity contribution in [3.8, 4) is 5.75 Å². The maximum Gasteiger partial charge on any atom is 0.351 e. The molecule has 0 saturated heterocycles. The molecule has 3 rings (SSSR count). The number of aromatic hydroxyl groups is 1. The van der Waals surface area contributed by atoms with Crippen molar-refractivity contribution in [1.82, 2.24) is 0 Å². The first kappa shape index (κ1) is 28.6. The maximum absolute atomic E-state index is 13.0. The molecular weight excluding hydrogens is 488 g/mol. The molecule has 2 aromatic heterocycles. The second-order valence-electron chi connectivity index (χ2n) is 9.93. The fourth-order valence-electron chi connectivity index (χ4n) is 4.72. The molecule has 0 bridgehead atoms. The molecule has 0 aliphatic heterocycles. The standard InChI is InChI=1S/C30H38O6S/c1-20(10-6-4-9-13-27(32)35-3)26-19-25(31)28(30(34)36-26)29(33)21(2)18-24-17-16-23(37-24)15-14-22-11-7-5-8-12-22/h4,9,16-20,22,31H,5-8,10-15H2,1-3H3/b9-4+,21-18?. The van der Waals surface area contributed by atoms with Crippen molar-refractivity contribution in [2.45, 2.75) is 84.0 Å². The molecule has 2 heterocycles. The van der Waals surface area contributed by atoms with Gasteiger partial charge in [-0.1, -0.05) is 51.2 Å². The number of hydrogen-bond donors (Lipinski definition) is 1. The average Bonchev–Trinajstić information content (AvgIpc) is 3.34. The summed E-state index contributed by atoms with van der Waals surface area (Å²) in [5.41, 5.74) is -0.795. The smallest absolute Gasteiger partial charge is 0.351 e. The number of Topliss-reactive ketones (excluding diaryl/α,β-unsaturated/α-hetero) is 1. The zero-order valence-corrected chi connectivity index (χ0v) is 22.9. The molecule has 1 fully saturated rings. The van der Waals surface area contributed by atoms with E-state index in [9.17, 15) is 19.5 Å². The molecule has 0 radical (unpaired) electrons. The van der Waals surface area contributed by atoms with Crippen LogP contribution in [-0.2, 0) is 16.0 Å². The molecule has 1 N–H and O–H groups in total. The molecule has 1 atom stereocenters. The Labute approximate surface area is 223 Å². The van der Waals surface area contributed by atoms with Crippen LogP contribution in [0.1, 0.15) is 103 Å². The second-order valence-corrected chi connectivity index (χ2v) is 11.1. The molecule has 7 heteroatoms. The van der Waals surface area contributed by atoms with Gasteiger partial charge in [0.2, 0.25) is 0 Å². The zero-order valence-electron chi connectivity index (χ0n) is 22.1. The van der Waals surface area contributed by atoms with Gasteiger partial charge >= 0.3 is 11.6 Å². The monoisotopic (exact) mass is 526 g/mol. The Kier molecular flexibility index (Phi) is 10.9. The summed E-state index contributed by atoms with van der Waals surface area (Å²) in [5.74, 6) is -0.207. The van der Waals surface area contributed by atoms with Crippen LogP contribution in [-0.4, -0.2) is 24.0 Å². The number of allylic oxidation sites excluding steroid dienone is 2. The molecule has 6 nitrogen and oxygen atoms in total. The van der Waals surface area contributed by atoms with Crippen LogP contribution in [0.5, 0.6) is 5.75 Å². The van der Waals surface area contributed by atoms with E-state index in [4.69, 9.17) is 4.42 Å². The largest absolute Gasteiger partial charge is 0.507 e. The summed E-state index contributed by atoms with van der Waals surface area (Å²) in [6.45, 7) is 3.53. The molecule has 1 unspecified atom stereocenters. The van der Waals surface area contributed by atoms with Crippen LogP contribution in [0, 0.1) is 5.92 Å². The Morgan fingerprint density at radius 2 is 1.97 bits per heavy atom. The van der Waals surface area contributed by atoms with E-state index in [2.05, 4.69) is 10.8 Å². The topological polar surface area (TPSA) is 93.8 Å². The third-order valence-corrected chi connectivity index (χ3v) is 8.12. The number of rotatable bonds is 12. The summed E-state index contributed by atoms with van der Waals surface area (Å²) in [6, 6.07) is 5.48. The number of ketones is 1. The van der Waals surface area contributed by atoms with Crippen molar-refractivity contribution in [3.05, 3.63) is 67.4 Å². The van der Waals surface area contributed by atoms with E-state index in [0.717, 1.165) is 17.2 Å². The van der Waals surface area contributed by atoms with Gasteiger partial charge in [0, 0.05) is 21.7 Å². The molecule has 0 aromatic carbocycles. The Balaban J connectivity index is 1.61. The summed E-state index contributed by atoms with van der Waals surface area (Å²) in [6.07, 6.45) is 15.9. The first-order valence-electron chi connectivity index (χ1n) is 13.2. The van der Waals surface area contributed by atoms with Crippen LogP contribution < -0.4 is 5.63 Å². The quantitative estimate of drug-likeness (QED) is 0.136. The second kappa shape index (κ2) is 14.1. The van der Waals surface area contributed by atoms with Crippen LogP contribution in [0.25, 0.3) is 6.08 Å². The van der Waals surface area contributed by atoms with Gasteiger partial charge in [0.15, 0.2) is 5.78 Å². The van der Waals surface area contributed by atoms with Crippen LogP contribution >= 0.6 is 11.3 Å². The third kappa shape index (κ3) is 8.56. The van der Waals surface area contributed by atoms with Gasteiger partial charge in [0.25, 0.3) is 0 Å². The fourth-order valence-corrected chi connectivity index (χ4v) is 5.76. The number of carbonyl (C=O) groups excluding carboxylic acids is 2. The normalized spacial score (nSPS) is 15.7. The number of ether oxygens (including phenoxy) is 1. The van der Waals surface area contributed by atoms with Gasteiger partial charge in [0.1, 0.15) is 17.1 Å². The first-order chi connectivity index (χ1) is 17.8. The Bertz CT molecular complexity index is 1180. The minimum absolute atomic E-state index is 0.152. The zero-order chi connectivity index (χ0) is 26.8. The lowest BCUT2D eigenvalue weighted by Gasteiger charge is -2.20. The van der Waals surface area contributed by atoms with E-state index in [1.54, 1.807) is 30.4 Å². The maximum atomic E-state index is 13.0. The molecule has 1 saturated carbocycles. The number of aryl methyl sites for hydroxylation is 1. The van der Waals surface area contributed by atoms with Crippen molar-refractivity contribution >= 4 is 29.2 Å². The van der Waals surface area contributed by atoms with Crippen molar-refractivity contribution in [3.63, 3.8) is 0 Å². The summed E-state index contributed by atoms with van der Waals surface area (Å²) < 4.78 is 10.0. The number of thiophene rings is 1. The molecule has 1 aliphatic carbocycles. The third-order valence-electron chi connectivity index (χ3n) is 7.03. The van der Waals surface area contributed by atoms with Crippen LogP contribution in [0.4, 0.5) is 0 Å². The van der Waals surface area contributed by atoms with Crippen LogP contribution in [0.15, 0.2) is 45.1 Å². The minimum atomic E-state index is -0.833. The lowest BCUT2D eigenvalue weighted by molar-refractivity contribution is -0.139.